The number of benzene rings is 1. The normalized spacial score (nSPS) is 10.4. The van der Waals surface area contributed by atoms with Gasteiger partial charge >= 0.3 is 0 Å². The quantitative estimate of drug-likeness (QED) is 0.769. The van der Waals surface area contributed by atoms with E-state index in [0.717, 1.165) is 22.9 Å². The van der Waals surface area contributed by atoms with E-state index in [-0.39, 0.29) is 11.5 Å². The lowest BCUT2D eigenvalue weighted by Gasteiger charge is -2.07. The molecule has 0 aliphatic heterocycles. The zero-order valence-corrected chi connectivity index (χ0v) is 13.9. The summed E-state index contributed by atoms with van der Waals surface area (Å²) in [6.45, 7) is 1.29. The molecule has 4 nitrogen and oxygen atoms in total. The molecular formula is C17H19BrN2O2. The van der Waals surface area contributed by atoms with Crippen molar-refractivity contribution in [1.82, 2.24) is 9.88 Å². The summed E-state index contributed by atoms with van der Waals surface area (Å²) >= 11 is 3.35. The van der Waals surface area contributed by atoms with Gasteiger partial charge in [-0.05, 0) is 40.4 Å². The van der Waals surface area contributed by atoms with Gasteiger partial charge < -0.3 is 9.88 Å². The molecule has 0 saturated carbocycles. The number of halogens is 1. The van der Waals surface area contributed by atoms with Crippen LogP contribution in [0, 0.1) is 0 Å². The Kier molecular flexibility index (Phi) is 6.40. The van der Waals surface area contributed by atoms with E-state index in [2.05, 4.69) is 21.2 Å². The van der Waals surface area contributed by atoms with Crippen LogP contribution in [0.4, 0.5) is 0 Å². The molecule has 1 amide bonds. The summed E-state index contributed by atoms with van der Waals surface area (Å²) in [6.07, 6.45) is 3.89. The van der Waals surface area contributed by atoms with Crippen LogP contribution in [0.2, 0.25) is 0 Å². The first-order valence-corrected chi connectivity index (χ1v) is 8.11. The van der Waals surface area contributed by atoms with Crippen molar-refractivity contribution in [2.45, 2.75) is 25.8 Å². The highest BCUT2D eigenvalue weighted by Crippen LogP contribution is 2.05. The van der Waals surface area contributed by atoms with Gasteiger partial charge in [0.1, 0.15) is 0 Å². The molecule has 2 aromatic rings. The molecule has 116 valence electrons. The average molecular weight is 363 g/mol. The Morgan fingerprint density at radius 2 is 1.86 bits per heavy atom. The molecule has 0 saturated heterocycles. The lowest BCUT2D eigenvalue weighted by atomic mass is 10.1. The number of nitrogens with zero attached hydrogens (tertiary/aromatic N) is 1. The minimum absolute atomic E-state index is 0.00341. The first kappa shape index (κ1) is 16.5. The number of unbranched alkanes of at least 4 members (excludes halogenated alkanes) is 1. The molecule has 0 spiro atoms. The predicted octanol–water partition coefficient (Wildman–Crippen LogP) is 2.75. The van der Waals surface area contributed by atoms with Gasteiger partial charge in [0.15, 0.2) is 0 Å². The van der Waals surface area contributed by atoms with Gasteiger partial charge in [-0.15, -0.1) is 0 Å². The van der Waals surface area contributed by atoms with Crippen LogP contribution in [-0.4, -0.2) is 17.0 Å². The molecule has 0 unspecified atom stereocenters. The molecule has 2 rings (SSSR count). The first-order valence-electron chi connectivity index (χ1n) is 7.32. The number of amides is 1. The Hall–Kier alpha value is -1.88. The second-order valence-corrected chi connectivity index (χ2v) is 6.01. The second kappa shape index (κ2) is 8.54. The molecule has 1 N–H and O–H groups in total. The predicted molar refractivity (Wildman–Crippen MR) is 90.8 cm³/mol. The maximum atomic E-state index is 11.8. The van der Waals surface area contributed by atoms with Crippen molar-refractivity contribution < 1.29 is 4.79 Å². The highest BCUT2D eigenvalue weighted by atomic mass is 79.9. The Balaban J connectivity index is 1.66. The summed E-state index contributed by atoms with van der Waals surface area (Å²) in [5, 5.41) is 2.91. The van der Waals surface area contributed by atoms with E-state index in [1.807, 2.05) is 30.3 Å². The van der Waals surface area contributed by atoms with Crippen LogP contribution >= 0.6 is 15.9 Å². The maximum Gasteiger partial charge on any atom is 0.250 e. The minimum Gasteiger partial charge on any atom is -0.356 e. The Bertz CT molecular complexity index is 668. The van der Waals surface area contributed by atoms with Crippen LogP contribution in [0.1, 0.15) is 18.4 Å². The summed E-state index contributed by atoms with van der Waals surface area (Å²) in [6, 6.07) is 13.0. The minimum atomic E-state index is -0.00341. The molecule has 0 bridgehead atoms. The van der Waals surface area contributed by atoms with Gasteiger partial charge in [0.05, 0.1) is 6.42 Å². The van der Waals surface area contributed by atoms with E-state index in [1.165, 1.54) is 0 Å². The smallest absolute Gasteiger partial charge is 0.250 e. The molecule has 0 atom stereocenters. The SMILES string of the molecule is O=C(Cc1ccccc1)NCCCCn1cc(Br)ccc1=O. The number of nitrogens with one attached hydrogen (secondary N) is 1. The monoisotopic (exact) mass is 362 g/mol. The number of rotatable bonds is 7. The van der Waals surface area contributed by atoms with Crippen LogP contribution in [0.3, 0.4) is 0 Å². The molecule has 1 heterocycles. The highest BCUT2D eigenvalue weighted by molar-refractivity contribution is 9.10. The third-order valence-electron chi connectivity index (χ3n) is 3.30. The topological polar surface area (TPSA) is 51.1 Å². The fourth-order valence-electron chi connectivity index (χ4n) is 2.16. The molecule has 0 radical (unpaired) electrons. The van der Waals surface area contributed by atoms with E-state index in [9.17, 15) is 9.59 Å². The number of carbonyl (C=O) groups is 1. The van der Waals surface area contributed by atoms with Crippen LogP contribution in [0.15, 0.2) is 57.9 Å². The lowest BCUT2D eigenvalue weighted by molar-refractivity contribution is -0.120. The summed E-state index contributed by atoms with van der Waals surface area (Å²) in [7, 11) is 0. The van der Waals surface area contributed by atoms with Gasteiger partial charge in [0.25, 0.3) is 5.56 Å². The molecule has 0 fully saturated rings. The van der Waals surface area contributed by atoms with Gasteiger partial charge in [-0.25, -0.2) is 0 Å². The van der Waals surface area contributed by atoms with Crippen LogP contribution < -0.4 is 10.9 Å². The largest absolute Gasteiger partial charge is 0.356 e. The number of pyridine rings is 1. The van der Waals surface area contributed by atoms with Crippen molar-refractivity contribution >= 4 is 21.8 Å². The molecule has 0 aliphatic carbocycles. The molecule has 0 aliphatic rings. The number of hydrogen-bond acceptors (Lipinski definition) is 2. The number of aromatic nitrogens is 1. The molecule has 1 aromatic heterocycles. The van der Waals surface area contributed by atoms with E-state index >= 15 is 0 Å². The summed E-state index contributed by atoms with van der Waals surface area (Å²) < 4.78 is 2.57. The second-order valence-electron chi connectivity index (χ2n) is 5.10. The van der Waals surface area contributed by atoms with Crippen LogP contribution in [-0.2, 0) is 17.8 Å². The van der Waals surface area contributed by atoms with Gasteiger partial charge in [-0.2, -0.15) is 0 Å². The van der Waals surface area contributed by atoms with E-state index in [1.54, 1.807) is 22.9 Å². The van der Waals surface area contributed by atoms with Crippen LogP contribution in [0.25, 0.3) is 0 Å². The van der Waals surface area contributed by atoms with Crippen LogP contribution in [0.5, 0.6) is 0 Å². The summed E-state index contributed by atoms with van der Waals surface area (Å²) in [5.41, 5.74) is 1.01. The standard InChI is InChI=1S/C17H19BrN2O2/c18-15-8-9-17(22)20(13-15)11-5-4-10-19-16(21)12-14-6-2-1-3-7-14/h1-3,6-9,13H,4-5,10-12H2,(H,19,21). The van der Waals surface area contributed by atoms with Gasteiger partial charge in [0.2, 0.25) is 5.91 Å². The fraction of sp³-hybridized carbons (Fsp3) is 0.294. The highest BCUT2D eigenvalue weighted by Gasteiger charge is 2.02. The van der Waals surface area contributed by atoms with Gasteiger partial charge in [-0.3, -0.25) is 9.59 Å². The molecule has 1 aromatic carbocycles. The van der Waals surface area contributed by atoms with Crippen molar-refractivity contribution in [3.8, 4) is 0 Å². The molecule has 5 heteroatoms. The molecule has 22 heavy (non-hydrogen) atoms. The van der Waals surface area contributed by atoms with E-state index in [0.29, 0.717) is 19.5 Å². The number of carbonyl (C=O) groups excluding carboxylic acids is 1. The Morgan fingerprint density at radius 1 is 1.09 bits per heavy atom. The molecular weight excluding hydrogens is 344 g/mol. The van der Waals surface area contributed by atoms with Crippen molar-refractivity contribution in [2.75, 3.05) is 6.54 Å². The average Bonchev–Trinajstić information content (AvgIpc) is 2.51. The van der Waals surface area contributed by atoms with E-state index < -0.39 is 0 Å². The third kappa shape index (κ3) is 5.48. The van der Waals surface area contributed by atoms with Crippen molar-refractivity contribution in [3.05, 3.63) is 69.1 Å². The van der Waals surface area contributed by atoms with E-state index in [4.69, 9.17) is 0 Å². The van der Waals surface area contributed by atoms with Gasteiger partial charge in [-0.1, -0.05) is 30.3 Å². The fourth-order valence-corrected chi connectivity index (χ4v) is 2.53. The summed E-state index contributed by atoms with van der Waals surface area (Å²) in [4.78, 5) is 23.4. The van der Waals surface area contributed by atoms with Crippen molar-refractivity contribution in [3.63, 3.8) is 0 Å². The van der Waals surface area contributed by atoms with Crippen molar-refractivity contribution in [2.24, 2.45) is 0 Å². The first-order chi connectivity index (χ1) is 10.6. The zero-order chi connectivity index (χ0) is 15.8. The van der Waals surface area contributed by atoms with Crippen molar-refractivity contribution in [1.29, 1.82) is 0 Å². The maximum absolute atomic E-state index is 11.8. The summed E-state index contributed by atoms with van der Waals surface area (Å²) in [5.74, 6) is 0.0332. The lowest BCUT2D eigenvalue weighted by Crippen LogP contribution is -2.26. The Morgan fingerprint density at radius 3 is 2.64 bits per heavy atom. The number of aryl methyl sites for hydroxylation is 1. The Labute approximate surface area is 138 Å². The zero-order valence-electron chi connectivity index (χ0n) is 12.3. The number of hydrogen-bond donors (Lipinski definition) is 1. The third-order valence-corrected chi connectivity index (χ3v) is 3.77. The van der Waals surface area contributed by atoms with Gasteiger partial charge in [0, 0.05) is 29.8 Å².